The fraction of sp³-hybridized carbons (Fsp3) is 0.176. The SMILES string of the molecule is Cc1ccccc1NC(=O)[C@H](C)OC(=O)c1ccc(F)cc1. The average molecular weight is 301 g/mol. The second-order valence-corrected chi connectivity index (χ2v) is 4.86. The molecule has 0 bridgehead atoms. The minimum Gasteiger partial charge on any atom is -0.449 e. The molecule has 4 nitrogen and oxygen atoms in total. The Bertz CT molecular complexity index is 683. The Hall–Kier alpha value is -2.69. The van der Waals surface area contributed by atoms with Crippen molar-refractivity contribution in [3.63, 3.8) is 0 Å². The summed E-state index contributed by atoms with van der Waals surface area (Å²) in [5, 5.41) is 2.70. The summed E-state index contributed by atoms with van der Waals surface area (Å²) in [5.41, 5.74) is 1.77. The van der Waals surface area contributed by atoms with Crippen LogP contribution in [-0.4, -0.2) is 18.0 Å². The van der Waals surface area contributed by atoms with E-state index in [2.05, 4.69) is 5.32 Å². The Morgan fingerprint density at radius 2 is 1.73 bits per heavy atom. The summed E-state index contributed by atoms with van der Waals surface area (Å²) >= 11 is 0. The van der Waals surface area contributed by atoms with Gasteiger partial charge in [0, 0.05) is 5.69 Å². The highest BCUT2D eigenvalue weighted by atomic mass is 19.1. The van der Waals surface area contributed by atoms with Crippen LogP contribution in [0.5, 0.6) is 0 Å². The van der Waals surface area contributed by atoms with Crippen LogP contribution in [0.15, 0.2) is 48.5 Å². The third kappa shape index (κ3) is 3.91. The largest absolute Gasteiger partial charge is 0.449 e. The molecule has 0 spiro atoms. The molecule has 2 aromatic rings. The number of amides is 1. The first-order valence-electron chi connectivity index (χ1n) is 6.80. The Kier molecular flexibility index (Phi) is 4.88. The van der Waals surface area contributed by atoms with Crippen molar-refractivity contribution in [3.8, 4) is 0 Å². The molecule has 0 saturated carbocycles. The van der Waals surface area contributed by atoms with Crippen LogP contribution in [0.4, 0.5) is 10.1 Å². The van der Waals surface area contributed by atoms with Crippen molar-refractivity contribution in [3.05, 3.63) is 65.5 Å². The third-order valence-corrected chi connectivity index (χ3v) is 3.14. The molecular formula is C17H16FNO3. The predicted octanol–water partition coefficient (Wildman–Crippen LogP) is 3.32. The number of benzene rings is 2. The van der Waals surface area contributed by atoms with Crippen LogP contribution >= 0.6 is 0 Å². The van der Waals surface area contributed by atoms with Crippen molar-refractivity contribution >= 4 is 17.6 Å². The lowest BCUT2D eigenvalue weighted by Gasteiger charge is -2.14. The lowest BCUT2D eigenvalue weighted by molar-refractivity contribution is -0.123. The van der Waals surface area contributed by atoms with Crippen molar-refractivity contribution in [2.45, 2.75) is 20.0 Å². The summed E-state index contributed by atoms with van der Waals surface area (Å²) in [6, 6.07) is 12.2. The monoisotopic (exact) mass is 301 g/mol. The van der Waals surface area contributed by atoms with Crippen molar-refractivity contribution in [1.29, 1.82) is 0 Å². The summed E-state index contributed by atoms with van der Waals surface area (Å²) in [7, 11) is 0. The first kappa shape index (κ1) is 15.7. The fourth-order valence-electron chi connectivity index (χ4n) is 1.82. The number of nitrogens with one attached hydrogen (secondary N) is 1. The smallest absolute Gasteiger partial charge is 0.338 e. The van der Waals surface area contributed by atoms with E-state index in [9.17, 15) is 14.0 Å². The molecule has 2 aromatic carbocycles. The maximum absolute atomic E-state index is 12.8. The number of hydrogen-bond acceptors (Lipinski definition) is 3. The fourth-order valence-corrected chi connectivity index (χ4v) is 1.82. The quantitative estimate of drug-likeness (QED) is 0.881. The molecule has 114 valence electrons. The van der Waals surface area contributed by atoms with E-state index in [1.807, 2.05) is 19.1 Å². The maximum atomic E-state index is 12.8. The molecule has 0 fully saturated rings. The number of ether oxygens (including phenoxy) is 1. The van der Waals surface area contributed by atoms with Crippen molar-refractivity contribution in [2.75, 3.05) is 5.32 Å². The van der Waals surface area contributed by atoms with Crippen molar-refractivity contribution < 1.29 is 18.7 Å². The van der Waals surface area contributed by atoms with E-state index in [0.717, 1.165) is 17.7 Å². The van der Waals surface area contributed by atoms with E-state index in [0.29, 0.717) is 5.69 Å². The van der Waals surface area contributed by atoms with Crippen LogP contribution in [0, 0.1) is 12.7 Å². The van der Waals surface area contributed by atoms with Gasteiger partial charge < -0.3 is 10.1 Å². The van der Waals surface area contributed by atoms with Gasteiger partial charge in [0.05, 0.1) is 5.56 Å². The average Bonchev–Trinajstić information content (AvgIpc) is 2.50. The van der Waals surface area contributed by atoms with Gasteiger partial charge in [-0.1, -0.05) is 18.2 Å². The number of anilines is 1. The Morgan fingerprint density at radius 3 is 2.36 bits per heavy atom. The first-order chi connectivity index (χ1) is 10.5. The van der Waals surface area contributed by atoms with Crippen LogP contribution in [0.25, 0.3) is 0 Å². The molecule has 0 aliphatic rings. The normalized spacial score (nSPS) is 11.6. The zero-order valence-electron chi connectivity index (χ0n) is 12.3. The van der Waals surface area contributed by atoms with Gasteiger partial charge in [0.15, 0.2) is 6.10 Å². The second kappa shape index (κ2) is 6.85. The van der Waals surface area contributed by atoms with Crippen molar-refractivity contribution in [1.82, 2.24) is 0 Å². The highest BCUT2D eigenvalue weighted by Crippen LogP contribution is 2.14. The molecule has 0 aromatic heterocycles. The van der Waals surface area contributed by atoms with E-state index in [1.54, 1.807) is 12.1 Å². The zero-order valence-corrected chi connectivity index (χ0v) is 12.3. The third-order valence-electron chi connectivity index (χ3n) is 3.14. The number of carbonyl (C=O) groups excluding carboxylic acids is 2. The summed E-state index contributed by atoms with van der Waals surface area (Å²) < 4.78 is 17.9. The molecule has 0 heterocycles. The molecule has 0 unspecified atom stereocenters. The van der Waals surface area contributed by atoms with Gasteiger partial charge in [0.25, 0.3) is 5.91 Å². The van der Waals surface area contributed by atoms with Gasteiger partial charge in [-0.05, 0) is 49.7 Å². The van der Waals surface area contributed by atoms with E-state index in [4.69, 9.17) is 4.74 Å². The molecule has 0 radical (unpaired) electrons. The van der Waals surface area contributed by atoms with Gasteiger partial charge in [0.1, 0.15) is 5.82 Å². The lowest BCUT2D eigenvalue weighted by atomic mass is 10.2. The zero-order chi connectivity index (χ0) is 16.1. The molecule has 1 atom stereocenters. The summed E-state index contributed by atoms with van der Waals surface area (Å²) in [6.07, 6.45) is -0.961. The molecule has 0 saturated heterocycles. The number of para-hydroxylation sites is 1. The molecule has 1 N–H and O–H groups in total. The topological polar surface area (TPSA) is 55.4 Å². The van der Waals surface area contributed by atoms with Gasteiger partial charge in [-0.2, -0.15) is 0 Å². The molecule has 2 rings (SSSR count). The van der Waals surface area contributed by atoms with Gasteiger partial charge in [-0.25, -0.2) is 9.18 Å². The minimum atomic E-state index is -0.961. The van der Waals surface area contributed by atoms with Gasteiger partial charge >= 0.3 is 5.97 Å². The van der Waals surface area contributed by atoms with Crippen LogP contribution in [-0.2, 0) is 9.53 Å². The maximum Gasteiger partial charge on any atom is 0.338 e. The van der Waals surface area contributed by atoms with Crippen LogP contribution in [0.3, 0.4) is 0 Å². The van der Waals surface area contributed by atoms with Gasteiger partial charge in [0.2, 0.25) is 0 Å². The summed E-state index contributed by atoms with van der Waals surface area (Å²) in [4.78, 5) is 23.9. The first-order valence-corrected chi connectivity index (χ1v) is 6.80. The van der Waals surface area contributed by atoms with E-state index < -0.39 is 23.8 Å². The number of hydrogen-bond donors (Lipinski definition) is 1. The molecular weight excluding hydrogens is 285 g/mol. The number of aryl methyl sites for hydroxylation is 1. The molecule has 1 amide bonds. The Labute approximate surface area is 127 Å². The standard InChI is InChI=1S/C17H16FNO3/c1-11-5-3-4-6-15(11)19-16(20)12(2)22-17(21)13-7-9-14(18)10-8-13/h3-10,12H,1-2H3,(H,19,20)/t12-/m0/s1. The number of carbonyl (C=O) groups is 2. The minimum absolute atomic E-state index is 0.192. The Morgan fingerprint density at radius 1 is 1.09 bits per heavy atom. The summed E-state index contributed by atoms with van der Waals surface area (Å²) in [5.74, 6) is -1.54. The Balaban J connectivity index is 1.98. The molecule has 22 heavy (non-hydrogen) atoms. The van der Waals surface area contributed by atoms with Crippen LogP contribution in [0.1, 0.15) is 22.8 Å². The van der Waals surface area contributed by atoms with Crippen LogP contribution < -0.4 is 5.32 Å². The number of esters is 1. The molecule has 0 aliphatic carbocycles. The number of rotatable bonds is 4. The molecule has 0 aliphatic heterocycles. The van der Waals surface area contributed by atoms with E-state index >= 15 is 0 Å². The highest BCUT2D eigenvalue weighted by molar-refractivity contribution is 5.97. The van der Waals surface area contributed by atoms with Crippen LogP contribution in [0.2, 0.25) is 0 Å². The number of halogens is 1. The summed E-state index contributed by atoms with van der Waals surface area (Å²) in [6.45, 7) is 3.35. The predicted molar refractivity (Wildman–Crippen MR) is 81.1 cm³/mol. The lowest BCUT2D eigenvalue weighted by Crippen LogP contribution is -2.30. The highest BCUT2D eigenvalue weighted by Gasteiger charge is 2.19. The van der Waals surface area contributed by atoms with E-state index in [1.165, 1.54) is 19.1 Å². The van der Waals surface area contributed by atoms with E-state index in [-0.39, 0.29) is 5.56 Å². The molecule has 5 heteroatoms. The second-order valence-electron chi connectivity index (χ2n) is 4.86. The van der Waals surface area contributed by atoms with Gasteiger partial charge in [-0.15, -0.1) is 0 Å². The van der Waals surface area contributed by atoms with Gasteiger partial charge in [-0.3, -0.25) is 4.79 Å². The van der Waals surface area contributed by atoms with Crippen molar-refractivity contribution in [2.24, 2.45) is 0 Å².